The molecule has 2 rings (SSSR count). The van der Waals surface area contributed by atoms with Gasteiger partial charge in [-0.05, 0) is 37.1 Å². The zero-order valence-corrected chi connectivity index (χ0v) is 10.7. The van der Waals surface area contributed by atoms with E-state index in [4.69, 9.17) is 0 Å². The minimum atomic E-state index is -0.860. The Bertz CT molecular complexity index is 519. The first-order chi connectivity index (χ1) is 8.11. The fraction of sp³-hybridized carbons (Fsp3) is 0.286. The van der Waals surface area contributed by atoms with Crippen molar-refractivity contribution in [1.29, 1.82) is 0 Å². The molecule has 0 bridgehead atoms. The second-order valence-corrected chi connectivity index (χ2v) is 5.29. The van der Waals surface area contributed by atoms with Crippen molar-refractivity contribution in [2.45, 2.75) is 26.4 Å². The Morgan fingerprint density at radius 1 is 1.29 bits per heavy atom. The summed E-state index contributed by atoms with van der Waals surface area (Å²) in [6.07, 6.45) is 0.0780. The number of thiophene rings is 1. The van der Waals surface area contributed by atoms with Gasteiger partial charge >= 0.3 is 0 Å². The number of aliphatic hydroxyl groups is 1. The third-order valence-corrected chi connectivity index (χ3v) is 4.03. The van der Waals surface area contributed by atoms with E-state index in [0.717, 1.165) is 16.9 Å². The van der Waals surface area contributed by atoms with Gasteiger partial charge in [-0.1, -0.05) is 19.1 Å². The SMILES string of the molecule is CCc1ccc(C(O)c2ccc(C)cc2F)s1. The first-order valence-electron chi connectivity index (χ1n) is 5.64. The number of rotatable bonds is 3. The topological polar surface area (TPSA) is 20.2 Å². The lowest BCUT2D eigenvalue weighted by molar-refractivity contribution is 0.218. The van der Waals surface area contributed by atoms with Crippen molar-refractivity contribution >= 4 is 11.3 Å². The second kappa shape index (κ2) is 4.98. The molecule has 0 aliphatic carbocycles. The van der Waals surface area contributed by atoms with Crippen LogP contribution in [0.25, 0.3) is 0 Å². The molecule has 0 aliphatic heterocycles. The van der Waals surface area contributed by atoms with E-state index in [2.05, 4.69) is 6.92 Å². The average molecular weight is 250 g/mol. The van der Waals surface area contributed by atoms with Gasteiger partial charge in [0.15, 0.2) is 0 Å². The molecule has 0 saturated heterocycles. The van der Waals surface area contributed by atoms with Crippen LogP contribution in [0.3, 0.4) is 0 Å². The van der Waals surface area contributed by atoms with Gasteiger partial charge in [-0.15, -0.1) is 11.3 Å². The van der Waals surface area contributed by atoms with Gasteiger partial charge in [-0.3, -0.25) is 0 Å². The Kier molecular flexibility index (Phi) is 3.60. The van der Waals surface area contributed by atoms with Crippen LogP contribution in [-0.4, -0.2) is 5.11 Å². The minimum Gasteiger partial charge on any atom is -0.383 e. The molecule has 1 nitrogen and oxygen atoms in total. The summed E-state index contributed by atoms with van der Waals surface area (Å²) < 4.78 is 13.7. The smallest absolute Gasteiger partial charge is 0.129 e. The average Bonchev–Trinajstić information content (AvgIpc) is 2.76. The maximum absolute atomic E-state index is 13.7. The molecule has 0 spiro atoms. The van der Waals surface area contributed by atoms with Gasteiger partial charge in [0.25, 0.3) is 0 Å². The van der Waals surface area contributed by atoms with Gasteiger partial charge in [-0.25, -0.2) is 4.39 Å². The van der Waals surface area contributed by atoms with Crippen molar-refractivity contribution in [3.63, 3.8) is 0 Å². The van der Waals surface area contributed by atoms with E-state index in [0.29, 0.717) is 5.56 Å². The van der Waals surface area contributed by atoms with Gasteiger partial charge in [0.2, 0.25) is 0 Å². The Hall–Kier alpha value is -1.19. The molecule has 0 fully saturated rings. The molecule has 1 unspecified atom stereocenters. The summed E-state index contributed by atoms with van der Waals surface area (Å²) in [5.41, 5.74) is 1.21. The van der Waals surface area contributed by atoms with Crippen molar-refractivity contribution < 1.29 is 9.50 Å². The molecule has 17 heavy (non-hydrogen) atoms. The normalized spacial score (nSPS) is 12.7. The number of benzene rings is 1. The molecular weight excluding hydrogens is 235 g/mol. The second-order valence-electron chi connectivity index (χ2n) is 4.09. The molecule has 0 aliphatic rings. The van der Waals surface area contributed by atoms with Crippen LogP contribution in [0.4, 0.5) is 4.39 Å². The molecule has 1 heterocycles. The van der Waals surface area contributed by atoms with Crippen LogP contribution in [0, 0.1) is 12.7 Å². The lowest BCUT2D eigenvalue weighted by Gasteiger charge is -2.10. The maximum atomic E-state index is 13.7. The molecule has 90 valence electrons. The van der Waals surface area contributed by atoms with Crippen molar-refractivity contribution in [2.75, 3.05) is 0 Å². The van der Waals surface area contributed by atoms with E-state index in [1.165, 1.54) is 22.3 Å². The molecule has 3 heteroatoms. The van der Waals surface area contributed by atoms with Crippen LogP contribution < -0.4 is 0 Å². The highest BCUT2D eigenvalue weighted by Crippen LogP contribution is 2.30. The first kappa shape index (κ1) is 12.3. The van der Waals surface area contributed by atoms with Crippen molar-refractivity contribution in [3.05, 3.63) is 57.0 Å². The maximum Gasteiger partial charge on any atom is 0.129 e. The number of hydrogen-bond donors (Lipinski definition) is 1. The minimum absolute atomic E-state index is 0.344. The lowest BCUT2D eigenvalue weighted by atomic mass is 10.1. The molecule has 0 radical (unpaired) electrons. The number of aliphatic hydroxyl groups excluding tert-OH is 1. The molecule has 1 N–H and O–H groups in total. The Morgan fingerprint density at radius 3 is 2.65 bits per heavy atom. The monoisotopic (exact) mass is 250 g/mol. The summed E-state index contributed by atoms with van der Waals surface area (Å²) in [4.78, 5) is 2.00. The van der Waals surface area contributed by atoms with E-state index in [1.807, 2.05) is 25.1 Å². The number of aryl methyl sites for hydroxylation is 2. The molecular formula is C14H15FOS. The van der Waals surface area contributed by atoms with Crippen LogP contribution >= 0.6 is 11.3 Å². The summed E-state index contributed by atoms with van der Waals surface area (Å²) >= 11 is 1.53. The van der Waals surface area contributed by atoms with Crippen LogP contribution in [0.5, 0.6) is 0 Å². The predicted octanol–water partition coefficient (Wildman–Crippen LogP) is 3.84. The highest BCUT2D eigenvalue weighted by molar-refractivity contribution is 7.12. The summed E-state index contributed by atoms with van der Waals surface area (Å²) in [5.74, 6) is -0.344. The van der Waals surface area contributed by atoms with Crippen molar-refractivity contribution in [3.8, 4) is 0 Å². The van der Waals surface area contributed by atoms with Gasteiger partial charge in [0.1, 0.15) is 11.9 Å². The van der Waals surface area contributed by atoms with E-state index in [-0.39, 0.29) is 5.82 Å². The standard InChI is InChI=1S/C14H15FOS/c1-3-10-5-7-13(17-10)14(16)11-6-4-9(2)8-12(11)15/h4-8,14,16H,3H2,1-2H3. The Balaban J connectivity index is 2.33. The Morgan fingerprint density at radius 2 is 2.06 bits per heavy atom. The van der Waals surface area contributed by atoms with Crippen LogP contribution in [-0.2, 0) is 6.42 Å². The lowest BCUT2D eigenvalue weighted by Crippen LogP contribution is -2.00. The highest BCUT2D eigenvalue weighted by atomic mass is 32.1. The predicted molar refractivity (Wildman–Crippen MR) is 68.9 cm³/mol. The third kappa shape index (κ3) is 2.56. The summed E-state index contributed by atoms with van der Waals surface area (Å²) in [7, 11) is 0. The molecule has 1 aromatic heterocycles. The molecule has 1 atom stereocenters. The molecule has 0 amide bonds. The molecule has 1 aromatic carbocycles. The van der Waals surface area contributed by atoms with E-state index >= 15 is 0 Å². The zero-order chi connectivity index (χ0) is 12.4. The van der Waals surface area contributed by atoms with Gasteiger partial charge in [0.05, 0.1) is 0 Å². The van der Waals surface area contributed by atoms with Crippen LogP contribution in [0.2, 0.25) is 0 Å². The van der Waals surface area contributed by atoms with E-state index < -0.39 is 6.10 Å². The van der Waals surface area contributed by atoms with Crippen molar-refractivity contribution in [2.24, 2.45) is 0 Å². The van der Waals surface area contributed by atoms with Crippen LogP contribution in [0.1, 0.15) is 33.9 Å². The summed E-state index contributed by atoms with van der Waals surface area (Å²) in [6.45, 7) is 3.90. The quantitative estimate of drug-likeness (QED) is 0.877. The summed E-state index contributed by atoms with van der Waals surface area (Å²) in [6, 6.07) is 8.77. The zero-order valence-electron chi connectivity index (χ0n) is 9.90. The fourth-order valence-electron chi connectivity index (χ4n) is 1.74. The molecule has 2 aromatic rings. The Labute approximate surface area is 105 Å². The van der Waals surface area contributed by atoms with Gasteiger partial charge in [-0.2, -0.15) is 0 Å². The number of halogens is 1. The van der Waals surface area contributed by atoms with Crippen molar-refractivity contribution in [1.82, 2.24) is 0 Å². The molecule has 0 saturated carbocycles. The van der Waals surface area contributed by atoms with Gasteiger partial charge < -0.3 is 5.11 Å². The highest BCUT2D eigenvalue weighted by Gasteiger charge is 2.16. The van der Waals surface area contributed by atoms with E-state index in [9.17, 15) is 9.50 Å². The summed E-state index contributed by atoms with van der Waals surface area (Å²) in [5, 5.41) is 10.1. The number of hydrogen-bond acceptors (Lipinski definition) is 2. The third-order valence-electron chi connectivity index (χ3n) is 2.75. The fourth-order valence-corrected chi connectivity index (χ4v) is 2.70. The largest absolute Gasteiger partial charge is 0.383 e. The van der Waals surface area contributed by atoms with Gasteiger partial charge in [0, 0.05) is 15.3 Å². The van der Waals surface area contributed by atoms with Crippen LogP contribution in [0.15, 0.2) is 30.3 Å². The first-order valence-corrected chi connectivity index (χ1v) is 6.46. The van der Waals surface area contributed by atoms with E-state index in [1.54, 1.807) is 6.07 Å².